The maximum Gasteiger partial charge on any atom is 0.223 e. The minimum Gasteiger partial charge on any atom is -0.369 e. The summed E-state index contributed by atoms with van der Waals surface area (Å²) in [6.07, 6.45) is 3.17. The zero-order valence-electron chi connectivity index (χ0n) is 11.3. The number of piperidine rings is 1. The van der Waals surface area contributed by atoms with E-state index in [9.17, 15) is 13.2 Å². The molecule has 0 aliphatic carbocycles. The van der Waals surface area contributed by atoms with Crippen LogP contribution in [0, 0.1) is 17.5 Å². The summed E-state index contributed by atoms with van der Waals surface area (Å²) in [7, 11) is 0. The van der Waals surface area contributed by atoms with Crippen LogP contribution in [0.2, 0.25) is 0 Å². The quantitative estimate of drug-likeness (QED) is 0.472. The number of hydrogen-bond acceptors (Lipinski definition) is 1. The lowest BCUT2D eigenvalue weighted by molar-refractivity contribution is 0.339. The van der Waals surface area contributed by atoms with E-state index in [0.717, 1.165) is 44.5 Å². The molecule has 5 nitrogen and oxygen atoms in total. The first-order valence-corrected chi connectivity index (χ1v) is 6.55. The van der Waals surface area contributed by atoms with E-state index in [4.69, 9.17) is 11.5 Å². The zero-order valence-corrected chi connectivity index (χ0v) is 11.3. The number of rotatable bonds is 1. The Hall–Kier alpha value is -2.25. The highest BCUT2D eigenvalue weighted by atomic mass is 19.2. The summed E-state index contributed by atoms with van der Waals surface area (Å²) in [4.78, 5) is 9.46. The highest BCUT2D eigenvalue weighted by Gasteiger charge is 2.13. The molecule has 4 N–H and O–H groups in total. The van der Waals surface area contributed by atoms with E-state index in [1.54, 1.807) is 0 Å². The monoisotopic (exact) mass is 299 g/mol. The van der Waals surface area contributed by atoms with Gasteiger partial charge in [0.1, 0.15) is 0 Å². The van der Waals surface area contributed by atoms with E-state index >= 15 is 0 Å². The lowest BCUT2D eigenvalue weighted by Crippen LogP contribution is -2.41. The fourth-order valence-corrected chi connectivity index (χ4v) is 2.08. The standard InChI is InChI=1S/C13H16F3N5/c14-9-6-8(7-10(15)11(9)16)19-12(17)20-13(18)21-4-2-1-3-5-21/h6-7H,1-5H2,(H4,17,18,19,20). The molecule has 1 aliphatic rings. The van der Waals surface area contributed by atoms with Crippen molar-refractivity contribution in [1.82, 2.24) is 4.90 Å². The molecule has 0 bridgehead atoms. The Bertz CT molecular complexity index is 556. The smallest absolute Gasteiger partial charge is 0.223 e. The van der Waals surface area contributed by atoms with Crippen LogP contribution in [0.1, 0.15) is 19.3 Å². The lowest BCUT2D eigenvalue weighted by atomic mass is 10.1. The van der Waals surface area contributed by atoms with Gasteiger partial charge in [-0.25, -0.2) is 18.2 Å². The van der Waals surface area contributed by atoms with E-state index in [1.807, 2.05) is 4.90 Å². The van der Waals surface area contributed by atoms with Gasteiger partial charge in [-0.3, -0.25) is 0 Å². The van der Waals surface area contributed by atoms with Crippen LogP contribution < -0.4 is 11.5 Å². The first-order valence-electron chi connectivity index (χ1n) is 6.55. The normalized spacial score (nSPS) is 17.2. The average molecular weight is 299 g/mol. The number of guanidine groups is 2. The van der Waals surface area contributed by atoms with Gasteiger partial charge in [0.2, 0.25) is 5.96 Å². The molecular weight excluding hydrogens is 283 g/mol. The molecule has 0 radical (unpaired) electrons. The summed E-state index contributed by atoms with van der Waals surface area (Å²) >= 11 is 0. The summed E-state index contributed by atoms with van der Waals surface area (Å²) in [5.74, 6) is -4.27. The van der Waals surface area contributed by atoms with Crippen molar-refractivity contribution in [1.29, 1.82) is 0 Å². The second-order valence-corrected chi connectivity index (χ2v) is 4.71. The number of likely N-dealkylation sites (tertiary alicyclic amines) is 1. The largest absolute Gasteiger partial charge is 0.369 e. The van der Waals surface area contributed by atoms with Gasteiger partial charge in [0, 0.05) is 25.2 Å². The van der Waals surface area contributed by atoms with Gasteiger partial charge in [0.25, 0.3) is 0 Å². The van der Waals surface area contributed by atoms with Gasteiger partial charge in [0.05, 0.1) is 5.69 Å². The van der Waals surface area contributed by atoms with Crippen molar-refractivity contribution in [2.45, 2.75) is 19.3 Å². The molecule has 0 saturated carbocycles. The number of aliphatic imine (C=N–C) groups is 2. The first kappa shape index (κ1) is 15.1. The van der Waals surface area contributed by atoms with Crippen LogP contribution in [0.3, 0.4) is 0 Å². The Balaban J connectivity index is 2.16. The summed E-state index contributed by atoms with van der Waals surface area (Å²) in [5.41, 5.74) is 11.2. The number of hydrogen-bond donors (Lipinski definition) is 2. The molecule has 1 aromatic rings. The molecule has 0 unspecified atom stereocenters. The second-order valence-electron chi connectivity index (χ2n) is 4.71. The molecule has 1 aliphatic heterocycles. The molecule has 8 heteroatoms. The molecule has 0 atom stereocenters. The Kier molecular flexibility index (Phi) is 4.66. The van der Waals surface area contributed by atoms with Crippen molar-refractivity contribution in [3.05, 3.63) is 29.6 Å². The number of benzene rings is 1. The van der Waals surface area contributed by atoms with Crippen molar-refractivity contribution in [3.8, 4) is 0 Å². The number of halogens is 3. The highest BCUT2D eigenvalue weighted by Crippen LogP contribution is 2.19. The third kappa shape index (κ3) is 3.87. The van der Waals surface area contributed by atoms with Gasteiger partial charge >= 0.3 is 0 Å². The van der Waals surface area contributed by atoms with Crippen LogP contribution in [-0.2, 0) is 0 Å². The fraction of sp³-hybridized carbons (Fsp3) is 0.385. The second kappa shape index (κ2) is 6.47. The third-order valence-corrected chi connectivity index (χ3v) is 3.12. The lowest BCUT2D eigenvalue weighted by Gasteiger charge is -2.27. The van der Waals surface area contributed by atoms with Gasteiger partial charge in [-0.15, -0.1) is 0 Å². The Morgan fingerprint density at radius 1 is 1.00 bits per heavy atom. The molecule has 2 rings (SSSR count). The van der Waals surface area contributed by atoms with Crippen molar-refractivity contribution in [2.24, 2.45) is 21.5 Å². The van der Waals surface area contributed by atoms with E-state index in [0.29, 0.717) is 0 Å². The predicted molar refractivity (Wildman–Crippen MR) is 74.6 cm³/mol. The van der Waals surface area contributed by atoms with Gasteiger partial charge in [0.15, 0.2) is 23.4 Å². The maximum atomic E-state index is 13.0. The first-order chi connectivity index (χ1) is 9.97. The summed E-state index contributed by atoms with van der Waals surface area (Å²) < 4.78 is 38.9. The highest BCUT2D eigenvalue weighted by molar-refractivity contribution is 5.94. The summed E-state index contributed by atoms with van der Waals surface area (Å²) in [6.45, 7) is 1.56. The van der Waals surface area contributed by atoms with Crippen LogP contribution in [-0.4, -0.2) is 29.9 Å². The van der Waals surface area contributed by atoms with Crippen LogP contribution in [0.25, 0.3) is 0 Å². The molecule has 1 fully saturated rings. The van der Waals surface area contributed by atoms with Crippen LogP contribution >= 0.6 is 0 Å². The Morgan fingerprint density at radius 2 is 1.57 bits per heavy atom. The van der Waals surface area contributed by atoms with Crippen molar-refractivity contribution >= 4 is 17.6 Å². The van der Waals surface area contributed by atoms with Crippen molar-refractivity contribution in [2.75, 3.05) is 13.1 Å². The molecule has 1 aromatic carbocycles. The predicted octanol–water partition coefficient (Wildman–Crippen LogP) is 1.85. The minimum absolute atomic E-state index is 0.168. The fourth-order valence-electron chi connectivity index (χ4n) is 2.08. The number of nitrogens with zero attached hydrogens (tertiary/aromatic N) is 3. The maximum absolute atomic E-state index is 13.0. The molecule has 1 heterocycles. The van der Waals surface area contributed by atoms with Crippen LogP contribution in [0.15, 0.2) is 22.1 Å². The van der Waals surface area contributed by atoms with Gasteiger partial charge in [-0.1, -0.05) is 0 Å². The molecule has 1 saturated heterocycles. The summed E-state index contributed by atoms with van der Waals surface area (Å²) in [6, 6.07) is 1.47. The summed E-state index contributed by atoms with van der Waals surface area (Å²) in [5, 5.41) is 0. The van der Waals surface area contributed by atoms with Crippen molar-refractivity contribution in [3.63, 3.8) is 0 Å². The third-order valence-electron chi connectivity index (χ3n) is 3.12. The zero-order chi connectivity index (χ0) is 15.4. The molecule has 0 amide bonds. The van der Waals surface area contributed by atoms with Gasteiger partial charge in [-0.2, -0.15) is 4.99 Å². The Morgan fingerprint density at radius 3 is 2.14 bits per heavy atom. The topological polar surface area (TPSA) is 80.0 Å². The van der Waals surface area contributed by atoms with E-state index in [1.165, 1.54) is 0 Å². The molecule has 0 spiro atoms. The van der Waals surface area contributed by atoms with Crippen LogP contribution in [0.5, 0.6) is 0 Å². The van der Waals surface area contributed by atoms with E-state index in [-0.39, 0.29) is 17.6 Å². The van der Waals surface area contributed by atoms with Crippen molar-refractivity contribution < 1.29 is 13.2 Å². The number of nitrogens with two attached hydrogens (primary N) is 2. The van der Waals surface area contributed by atoms with Crippen LogP contribution in [0.4, 0.5) is 18.9 Å². The molecule has 21 heavy (non-hydrogen) atoms. The Labute approximate surface area is 120 Å². The van der Waals surface area contributed by atoms with Gasteiger partial charge < -0.3 is 16.4 Å². The van der Waals surface area contributed by atoms with Gasteiger partial charge in [-0.05, 0) is 19.3 Å². The minimum atomic E-state index is -1.55. The average Bonchev–Trinajstić information content (AvgIpc) is 2.45. The molecule has 0 aromatic heterocycles. The molecular formula is C13H16F3N5. The SMILES string of the molecule is NC(=Nc1cc(F)c(F)c(F)c1)/N=C(\N)N1CCCCC1. The molecule has 114 valence electrons. The van der Waals surface area contributed by atoms with E-state index in [2.05, 4.69) is 9.98 Å². The van der Waals surface area contributed by atoms with E-state index < -0.39 is 17.5 Å².